The van der Waals surface area contributed by atoms with Crippen molar-refractivity contribution in [3.63, 3.8) is 0 Å². The van der Waals surface area contributed by atoms with Gasteiger partial charge in [0.05, 0.1) is 0 Å². The number of nitrogens with zero attached hydrogens (tertiary/aromatic N) is 1. The van der Waals surface area contributed by atoms with Crippen LogP contribution in [0.1, 0.15) is 10.4 Å². The Hall–Kier alpha value is -2.73. The third-order valence-electron chi connectivity index (χ3n) is 3.21. The second kappa shape index (κ2) is 5.57. The Balaban J connectivity index is 2.11. The maximum Gasteiger partial charge on any atom is 0.280 e. The summed E-state index contributed by atoms with van der Waals surface area (Å²) in [6.45, 7) is 0. The summed E-state index contributed by atoms with van der Waals surface area (Å²) in [5.41, 5.74) is 12.7. The van der Waals surface area contributed by atoms with Crippen LogP contribution >= 0.6 is 11.3 Å². The Morgan fingerprint density at radius 1 is 1.09 bits per heavy atom. The lowest BCUT2D eigenvalue weighted by atomic mass is 10.0. The van der Waals surface area contributed by atoms with Gasteiger partial charge >= 0.3 is 0 Å². The number of halogens is 1. The second-order valence-electron chi connectivity index (χ2n) is 4.71. The molecule has 0 fully saturated rings. The van der Waals surface area contributed by atoms with E-state index in [2.05, 4.69) is 4.99 Å². The van der Waals surface area contributed by atoms with Crippen LogP contribution in [-0.4, -0.2) is 11.9 Å². The number of guanidine groups is 1. The van der Waals surface area contributed by atoms with Crippen molar-refractivity contribution in [2.45, 2.75) is 0 Å². The Kier molecular flexibility index (Phi) is 3.60. The third-order valence-corrected chi connectivity index (χ3v) is 4.17. The molecule has 1 amide bonds. The summed E-state index contributed by atoms with van der Waals surface area (Å²) in [6, 6.07) is 11.5. The minimum Gasteiger partial charge on any atom is -0.370 e. The second-order valence-corrected chi connectivity index (χ2v) is 5.62. The lowest BCUT2D eigenvalue weighted by Crippen LogP contribution is -2.24. The van der Waals surface area contributed by atoms with Gasteiger partial charge in [0.1, 0.15) is 5.82 Å². The summed E-state index contributed by atoms with van der Waals surface area (Å²) in [5, 5.41) is 2.89. The first kappa shape index (κ1) is 14.2. The van der Waals surface area contributed by atoms with Gasteiger partial charge < -0.3 is 11.5 Å². The number of carbonyl (C=O) groups excluding carboxylic acids is 1. The van der Waals surface area contributed by atoms with Gasteiger partial charge in [0.15, 0.2) is 5.96 Å². The fourth-order valence-electron chi connectivity index (χ4n) is 2.20. The minimum absolute atomic E-state index is 0.269. The fraction of sp³-hybridized carbons (Fsp3) is 0. The molecular formula is C16H12FN3OS. The lowest BCUT2D eigenvalue weighted by Gasteiger charge is -2.02. The molecule has 0 atom stereocenters. The Bertz CT molecular complexity index is 880. The van der Waals surface area contributed by atoms with E-state index >= 15 is 0 Å². The van der Waals surface area contributed by atoms with Gasteiger partial charge in [-0.05, 0) is 41.3 Å². The van der Waals surface area contributed by atoms with E-state index in [1.54, 1.807) is 35.6 Å². The van der Waals surface area contributed by atoms with Crippen LogP contribution in [0, 0.1) is 5.82 Å². The molecule has 1 heterocycles. The van der Waals surface area contributed by atoms with Crippen molar-refractivity contribution in [3.8, 4) is 11.1 Å². The molecular weight excluding hydrogens is 301 g/mol. The molecule has 2 aromatic carbocycles. The van der Waals surface area contributed by atoms with Crippen LogP contribution in [0.15, 0.2) is 52.8 Å². The predicted octanol–water partition coefficient (Wildman–Crippen LogP) is 3.12. The zero-order valence-corrected chi connectivity index (χ0v) is 12.2. The van der Waals surface area contributed by atoms with Gasteiger partial charge in [0.25, 0.3) is 5.91 Å². The van der Waals surface area contributed by atoms with Crippen LogP contribution in [0.4, 0.5) is 4.39 Å². The Morgan fingerprint density at radius 3 is 2.50 bits per heavy atom. The van der Waals surface area contributed by atoms with Crippen LogP contribution in [0.25, 0.3) is 21.2 Å². The molecule has 22 heavy (non-hydrogen) atoms. The first-order valence-electron chi connectivity index (χ1n) is 6.46. The summed E-state index contributed by atoms with van der Waals surface area (Å²) in [7, 11) is 0. The molecule has 0 saturated heterocycles. The quantitative estimate of drug-likeness (QED) is 0.563. The van der Waals surface area contributed by atoms with Crippen LogP contribution < -0.4 is 11.5 Å². The summed E-state index contributed by atoms with van der Waals surface area (Å²) < 4.78 is 14.1. The first-order valence-corrected chi connectivity index (χ1v) is 7.34. The number of amides is 1. The summed E-state index contributed by atoms with van der Waals surface area (Å²) in [4.78, 5) is 15.5. The number of nitrogens with two attached hydrogens (primary N) is 2. The van der Waals surface area contributed by atoms with Gasteiger partial charge in [-0.2, -0.15) is 4.99 Å². The molecule has 4 N–H and O–H groups in total. The molecule has 0 aliphatic carbocycles. The number of rotatable bonds is 2. The van der Waals surface area contributed by atoms with Crippen LogP contribution in [-0.2, 0) is 0 Å². The van der Waals surface area contributed by atoms with Gasteiger partial charge in [-0.15, -0.1) is 11.3 Å². The number of carbonyl (C=O) groups is 1. The summed E-state index contributed by atoms with van der Waals surface area (Å²) in [5.74, 6) is -1.04. The largest absolute Gasteiger partial charge is 0.370 e. The number of hydrogen-bond donors (Lipinski definition) is 2. The SMILES string of the molecule is NC(N)=NC(=O)c1ccc2scc(-c3ccc(F)cc3)c2c1. The van der Waals surface area contributed by atoms with Crippen molar-refractivity contribution >= 4 is 33.3 Å². The van der Waals surface area contributed by atoms with Crippen molar-refractivity contribution in [2.24, 2.45) is 16.5 Å². The molecule has 6 heteroatoms. The van der Waals surface area contributed by atoms with Gasteiger partial charge in [-0.25, -0.2) is 4.39 Å². The van der Waals surface area contributed by atoms with E-state index in [1.165, 1.54) is 12.1 Å². The van der Waals surface area contributed by atoms with Crippen LogP contribution in [0.3, 0.4) is 0 Å². The van der Waals surface area contributed by atoms with Crippen molar-refractivity contribution in [1.82, 2.24) is 0 Å². The standard InChI is InChI=1S/C16H12FN3OS/c17-11-4-1-9(2-5-11)13-8-22-14-6-3-10(7-12(13)14)15(21)20-16(18)19/h1-8H,(H4,18,19,20,21). The topological polar surface area (TPSA) is 81.5 Å². The molecule has 0 spiro atoms. The molecule has 0 unspecified atom stereocenters. The van der Waals surface area contributed by atoms with Crippen LogP contribution in [0.2, 0.25) is 0 Å². The van der Waals surface area contributed by atoms with Gasteiger partial charge in [0, 0.05) is 21.2 Å². The van der Waals surface area contributed by atoms with E-state index in [4.69, 9.17) is 11.5 Å². The average molecular weight is 313 g/mol. The van der Waals surface area contributed by atoms with Crippen molar-refractivity contribution in [2.75, 3.05) is 0 Å². The number of benzene rings is 2. The molecule has 4 nitrogen and oxygen atoms in total. The molecule has 1 aromatic heterocycles. The highest BCUT2D eigenvalue weighted by molar-refractivity contribution is 7.17. The van der Waals surface area contributed by atoms with E-state index < -0.39 is 5.91 Å². The lowest BCUT2D eigenvalue weighted by molar-refractivity contribution is 0.100. The zero-order chi connectivity index (χ0) is 15.7. The highest BCUT2D eigenvalue weighted by Crippen LogP contribution is 2.34. The number of aliphatic imine (C=N–C) groups is 1. The molecule has 3 aromatic rings. The minimum atomic E-state index is -0.488. The molecule has 3 rings (SSSR count). The summed E-state index contributed by atoms with van der Waals surface area (Å²) >= 11 is 1.56. The maximum absolute atomic E-state index is 13.1. The number of hydrogen-bond acceptors (Lipinski definition) is 2. The van der Waals surface area contributed by atoms with Gasteiger partial charge in [-0.3, -0.25) is 4.79 Å². The van der Waals surface area contributed by atoms with E-state index in [1.807, 2.05) is 11.4 Å². The van der Waals surface area contributed by atoms with E-state index in [9.17, 15) is 9.18 Å². The highest BCUT2D eigenvalue weighted by Gasteiger charge is 2.11. The molecule has 0 radical (unpaired) electrons. The highest BCUT2D eigenvalue weighted by atomic mass is 32.1. The Morgan fingerprint density at radius 2 is 1.82 bits per heavy atom. The molecule has 0 bridgehead atoms. The smallest absolute Gasteiger partial charge is 0.280 e. The third kappa shape index (κ3) is 2.68. The fourth-order valence-corrected chi connectivity index (χ4v) is 3.15. The van der Waals surface area contributed by atoms with Crippen LogP contribution in [0.5, 0.6) is 0 Å². The van der Waals surface area contributed by atoms with Gasteiger partial charge in [-0.1, -0.05) is 12.1 Å². The van der Waals surface area contributed by atoms with Gasteiger partial charge in [0.2, 0.25) is 0 Å². The first-order chi connectivity index (χ1) is 10.5. The average Bonchev–Trinajstić information content (AvgIpc) is 2.90. The Labute approximate surface area is 129 Å². The summed E-state index contributed by atoms with van der Waals surface area (Å²) in [6.07, 6.45) is 0. The van der Waals surface area contributed by atoms with E-state index in [0.717, 1.165) is 21.2 Å². The number of fused-ring (bicyclic) bond motifs is 1. The monoisotopic (exact) mass is 313 g/mol. The van der Waals surface area contributed by atoms with E-state index in [-0.39, 0.29) is 11.8 Å². The van der Waals surface area contributed by atoms with Crippen molar-refractivity contribution in [3.05, 3.63) is 59.2 Å². The molecule has 0 saturated carbocycles. The maximum atomic E-state index is 13.1. The molecule has 0 aliphatic heterocycles. The predicted molar refractivity (Wildman–Crippen MR) is 87.4 cm³/mol. The van der Waals surface area contributed by atoms with Crippen molar-refractivity contribution < 1.29 is 9.18 Å². The molecule has 0 aliphatic rings. The molecule has 110 valence electrons. The van der Waals surface area contributed by atoms with E-state index in [0.29, 0.717) is 5.56 Å². The zero-order valence-electron chi connectivity index (χ0n) is 11.4. The normalized spacial score (nSPS) is 10.6. The van der Waals surface area contributed by atoms with Crippen molar-refractivity contribution in [1.29, 1.82) is 0 Å². The number of thiophene rings is 1.